The second-order valence-corrected chi connectivity index (χ2v) is 7.41. The van der Waals surface area contributed by atoms with Crippen LogP contribution in [0.15, 0.2) is 42.5 Å². The normalized spacial score (nSPS) is 22.2. The fourth-order valence-electron chi connectivity index (χ4n) is 4.30. The fourth-order valence-corrected chi connectivity index (χ4v) is 4.30. The van der Waals surface area contributed by atoms with Gasteiger partial charge in [0.2, 0.25) is 5.91 Å². The van der Waals surface area contributed by atoms with Gasteiger partial charge in [-0.3, -0.25) is 4.79 Å². The molecule has 0 bridgehead atoms. The number of aliphatic hydroxyl groups excluding tert-OH is 1. The zero-order valence-electron chi connectivity index (χ0n) is 16.2. The van der Waals surface area contributed by atoms with E-state index in [4.69, 9.17) is 4.74 Å². The number of methoxy groups -OCH3 is 1. The van der Waals surface area contributed by atoms with Crippen molar-refractivity contribution in [3.05, 3.63) is 65.0 Å². The van der Waals surface area contributed by atoms with E-state index in [1.807, 2.05) is 23.1 Å². The molecule has 1 fully saturated rings. The number of nitrogens with zero attached hydrogens (tertiary/aromatic N) is 1. The Hall–Kier alpha value is -2.88. The molecule has 2 aliphatic heterocycles. The quantitative estimate of drug-likeness (QED) is 0.786. The standard InChI is InChI=1S/C23H23FN2O3/c1-29-14-22(28)26-11-10-18-21(13-27)25-20-9-6-16(12-19(20)23(18)26)3-2-15-4-7-17(24)8-5-15/h4-9,12,18,21,23,25,27H,10-11,13-14H2,1H3/t18-,21+,23-/m0/s1. The van der Waals surface area contributed by atoms with Crippen LogP contribution in [0.2, 0.25) is 0 Å². The van der Waals surface area contributed by atoms with Crippen LogP contribution in [0.5, 0.6) is 0 Å². The molecule has 29 heavy (non-hydrogen) atoms. The van der Waals surface area contributed by atoms with Crippen LogP contribution in [0.4, 0.5) is 10.1 Å². The van der Waals surface area contributed by atoms with Crippen molar-refractivity contribution in [2.75, 3.05) is 32.2 Å². The second kappa shape index (κ2) is 8.24. The van der Waals surface area contributed by atoms with Gasteiger partial charge in [0.1, 0.15) is 12.4 Å². The highest BCUT2D eigenvalue weighted by Crippen LogP contribution is 2.46. The summed E-state index contributed by atoms with van der Waals surface area (Å²) in [6.45, 7) is 0.694. The fraction of sp³-hybridized carbons (Fsp3) is 0.348. The van der Waals surface area contributed by atoms with E-state index in [2.05, 4.69) is 17.2 Å². The minimum absolute atomic E-state index is 0.0129. The van der Waals surface area contributed by atoms with Gasteiger partial charge >= 0.3 is 0 Å². The number of ether oxygens (including phenoxy) is 1. The van der Waals surface area contributed by atoms with Gasteiger partial charge in [-0.15, -0.1) is 0 Å². The number of likely N-dealkylation sites (tertiary alicyclic amines) is 1. The van der Waals surface area contributed by atoms with Gasteiger partial charge in [0.15, 0.2) is 0 Å². The summed E-state index contributed by atoms with van der Waals surface area (Å²) in [5.74, 6) is 5.97. The average Bonchev–Trinajstić information content (AvgIpc) is 3.18. The minimum atomic E-state index is -0.290. The zero-order valence-corrected chi connectivity index (χ0v) is 16.2. The first-order valence-electron chi connectivity index (χ1n) is 9.68. The number of nitrogens with one attached hydrogen (secondary N) is 1. The number of carbonyl (C=O) groups is 1. The summed E-state index contributed by atoms with van der Waals surface area (Å²) in [5, 5.41) is 13.2. The third-order valence-electron chi connectivity index (χ3n) is 5.65. The van der Waals surface area contributed by atoms with Gasteiger partial charge in [-0.25, -0.2) is 4.39 Å². The number of fused-ring (bicyclic) bond motifs is 3. The first-order chi connectivity index (χ1) is 14.1. The summed E-state index contributed by atoms with van der Waals surface area (Å²) in [4.78, 5) is 14.4. The third-order valence-corrected chi connectivity index (χ3v) is 5.65. The molecule has 0 spiro atoms. The van der Waals surface area contributed by atoms with Crippen molar-refractivity contribution in [1.82, 2.24) is 4.90 Å². The maximum atomic E-state index is 13.1. The summed E-state index contributed by atoms with van der Waals surface area (Å²) in [5.41, 5.74) is 3.47. The number of amides is 1. The van der Waals surface area contributed by atoms with Crippen molar-refractivity contribution in [3.63, 3.8) is 0 Å². The Morgan fingerprint density at radius 3 is 2.69 bits per heavy atom. The molecule has 0 unspecified atom stereocenters. The average molecular weight is 394 g/mol. The van der Waals surface area contributed by atoms with Crippen LogP contribution in [0, 0.1) is 23.6 Å². The molecule has 2 aromatic carbocycles. The van der Waals surface area contributed by atoms with Crippen LogP contribution in [-0.2, 0) is 9.53 Å². The molecule has 5 nitrogen and oxygen atoms in total. The summed E-state index contributed by atoms with van der Waals surface area (Å²) >= 11 is 0. The number of anilines is 1. The highest BCUT2D eigenvalue weighted by Gasteiger charge is 2.45. The van der Waals surface area contributed by atoms with Crippen LogP contribution < -0.4 is 5.32 Å². The number of carbonyl (C=O) groups excluding carboxylic acids is 1. The highest BCUT2D eigenvalue weighted by molar-refractivity contribution is 5.79. The Morgan fingerprint density at radius 1 is 1.24 bits per heavy atom. The summed E-state index contributed by atoms with van der Waals surface area (Å²) in [6, 6.07) is 11.7. The molecule has 3 atom stereocenters. The molecule has 1 amide bonds. The number of halogens is 1. The highest BCUT2D eigenvalue weighted by atomic mass is 19.1. The van der Waals surface area contributed by atoms with Gasteiger partial charge in [0.05, 0.1) is 18.7 Å². The van der Waals surface area contributed by atoms with E-state index >= 15 is 0 Å². The monoisotopic (exact) mass is 394 g/mol. The molecule has 0 aliphatic carbocycles. The zero-order chi connectivity index (χ0) is 20.4. The molecule has 0 saturated carbocycles. The number of rotatable bonds is 3. The van der Waals surface area contributed by atoms with Crippen molar-refractivity contribution in [3.8, 4) is 11.8 Å². The maximum Gasteiger partial charge on any atom is 0.249 e. The van der Waals surface area contributed by atoms with Gasteiger partial charge in [-0.2, -0.15) is 0 Å². The molecule has 1 saturated heterocycles. The van der Waals surface area contributed by atoms with E-state index < -0.39 is 0 Å². The summed E-state index contributed by atoms with van der Waals surface area (Å²) < 4.78 is 18.1. The van der Waals surface area contributed by atoms with Crippen molar-refractivity contribution in [1.29, 1.82) is 0 Å². The first-order valence-corrected chi connectivity index (χ1v) is 9.68. The predicted molar refractivity (Wildman–Crippen MR) is 108 cm³/mol. The number of benzene rings is 2. The van der Waals surface area contributed by atoms with Crippen LogP contribution in [-0.4, -0.2) is 48.8 Å². The molecule has 4 rings (SSSR count). The van der Waals surface area contributed by atoms with Crippen LogP contribution >= 0.6 is 0 Å². The summed E-state index contributed by atoms with van der Waals surface area (Å²) in [6.07, 6.45) is 0.823. The maximum absolute atomic E-state index is 13.1. The van der Waals surface area contributed by atoms with E-state index in [1.165, 1.54) is 19.2 Å². The Balaban J connectivity index is 1.68. The number of aliphatic hydroxyl groups is 1. The molecular formula is C23H23FN2O3. The first kappa shape index (κ1) is 19.4. The smallest absolute Gasteiger partial charge is 0.249 e. The van der Waals surface area contributed by atoms with E-state index in [9.17, 15) is 14.3 Å². The molecule has 2 heterocycles. The molecule has 2 aliphatic rings. The Bertz CT molecular complexity index is 964. The molecule has 6 heteroatoms. The predicted octanol–water partition coefficient (Wildman–Crippen LogP) is 2.55. The lowest BCUT2D eigenvalue weighted by Gasteiger charge is -2.39. The van der Waals surface area contributed by atoms with Crippen molar-refractivity contribution in [2.24, 2.45) is 5.92 Å². The molecule has 2 aromatic rings. The molecule has 0 aromatic heterocycles. The van der Waals surface area contributed by atoms with Gasteiger partial charge in [-0.1, -0.05) is 11.8 Å². The van der Waals surface area contributed by atoms with Crippen LogP contribution in [0.1, 0.15) is 29.2 Å². The van der Waals surface area contributed by atoms with Crippen LogP contribution in [0.25, 0.3) is 0 Å². The number of hydrogen-bond acceptors (Lipinski definition) is 4. The SMILES string of the molecule is COCC(=O)N1CC[C@@H]2[C@H]1c1cc(C#Cc3ccc(F)cc3)ccc1N[C@@H]2CO. The molecule has 150 valence electrons. The Morgan fingerprint density at radius 2 is 1.97 bits per heavy atom. The molecular weight excluding hydrogens is 371 g/mol. The second-order valence-electron chi connectivity index (χ2n) is 7.41. The number of hydrogen-bond donors (Lipinski definition) is 2. The largest absolute Gasteiger partial charge is 0.394 e. The summed E-state index contributed by atoms with van der Waals surface area (Å²) in [7, 11) is 1.52. The Labute approximate surface area is 169 Å². The van der Waals surface area contributed by atoms with Crippen molar-refractivity contribution < 1.29 is 19.0 Å². The van der Waals surface area contributed by atoms with Gasteiger partial charge < -0.3 is 20.1 Å². The van der Waals surface area contributed by atoms with Gasteiger partial charge in [-0.05, 0) is 54.4 Å². The molecule has 2 N–H and O–H groups in total. The minimum Gasteiger partial charge on any atom is -0.394 e. The lowest BCUT2D eigenvalue weighted by Crippen LogP contribution is -2.43. The van der Waals surface area contributed by atoms with Crippen molar-refractivity contribution in [2.45, 2.75) is 18.5 Å². The van der Waals surface area contributed by atoms with Crippen molar-refractivity contribution >= 4 is 11.6 Å². The van der Waals surface area contributed by atoms with Gasteiger partial charge in [0.25, 0.3) is 0 Å². The third kappa shape index (κ3) is 3.84. The lowest BCUT2D eigenvalue weighted by atomic mass is 9.82. The van der Waals surface area contributed by atoms with Crippen LogP contribution in [0.3, 0.4) is 0 Å². The van der Waals surface area contributed by atoms with E-state index in [0.717, 1.165) is 28.8 Å². The van der Waals surface area contributed by atoms with E-state index in [0.29, 0.717) is 6.54 Å². The lowest BCUT2D eigenvalue weighted by molar-refractivity contribution is -0.136. The topological polar surface area (TPSA) is 61.8 Å². The Kier molecular flexibility index (Phi) is 5.52. The van der Waals surface area contributed by atoms with E-state index in [1.54, 1.807) is 12.1 Å². The van der Waals surface area contributed by atoms with Gasteiger partial charge in [0, 0.05) is 36.4 Å². The molecule has 0 radical (unpaired) electrons. The van der Waals surface area contributed by atoms with E-state index in [-0.39, 0.29) is 42.9 Å².